The zero-order valence-corrected chi connectivity index (χ0v) is 25.8. The summed E-state index contributed by atoms with van der Waals surface area (Å²) < 4.78 is 19.1. The van der Waals surface area contributed by atoms with Crippen molar-refractivity contribution in [3.8, 4) is 28.7 Å². The van der Waals surface area contributed by atoms with E-state index in [0.717, 1.165) is 29.5 Å². The summed E-state index contributed by atoms with van der Waals surface area (Å²) >= 11 is 6.15. The molecule has 1 fully saturated rings. The van der Waals surface area contributed by atoms with Crippen LogP contribution in [0.25, 0.3) is 11.1 Å². The molecule has 0 radical (unpaired) electrons. The first-order valence-corrected chi connectivity index (χ1v) is 14.8. The van der Waals surface area contributed by atoms with Gasteiger partial charge in [-0.25, -0.2) is 9.59 Å². The molecule has 1 aromatic heterocycles. The van der Waals surface area contributed by atoms with Crippen LogP contribution in [-0.4, -0.2) is 58.7 Å². The number of anilines is 1. The number of carbonyl (C=O) groups excluding carboxylic acids is 2. The Morgan fingerprint density at radius 1 is 1.09 bits per heavy atom. The molecule has 2 aliphatic rings. The van der Waals surface area contributed by atoms with Crippen molar-refractivity contribution in [1.29, 1.82) is 5.26 Å². The Labute approximate surface area is 256 Å². The molecule has 11 heteroatoms. The van der Waals surface area contributed by atoms with Gasteiger partial charge in [0.1, 0.15) is 23.2 Å². The molecule has 0 saturated carbocycles. The minimum atomic E-state index is -0.536. The maximum absolute atomic E-state index is 12.8. The third kappa shape index (κ3) is 6.42. The van der Waals surface area contributed by atoms with Gasteiger partial charge in [0.15, 0.2) is 0 Å². The number of rotatable bonds is 4. The number of amides is 2. The van der Waals surface area contributed by atoms with Crippen molar-refractivity contribution in [2.24, 2.45) is 0 Å². The lowest BCUT2D eigenvalue weighted by Crippen LogP contribution is -2.42. The fourth-order valence-corrected chi connectivity index (χ4v) is 5.80. The third-order valence-corrected chi connectivity index (χ3v) is 8.03. The van der Waals surface area contributed by atoms with Crippen molar-refractivity contribution in [2.45, 2.75) is 71.1 Å². The number of piperidine rings is 1. The van der Waals surface area contributed by atoms with Crippen LogP contribution in [0.3, 0.4) is 0 Å². The highest BCUT2D eigenvalue weighted by Crippen LogP contribution is 2.45. The molecule has 0 spiro atoms. The zero-order chi connectivity index (χ0) is 30.9. The van der Waals surface area contributed by atoms with Crippen LogP contribution in [0.15, 0.2) is 42.7 Å². The number of nitrogens with zero attached hydrogens (tertiary/aromatic N) is 5. The lowest BCUT2D eigenvalue weighted by molar-refractivity contribution is 0.0184. The van der Waals surface area contributed by atoms with E-state index in [1.807, 2.05) is 50.7 Å². The maximum atomic E-state index is 12.8. The number of hydrogen-bond acceptors (Lipinski definition) is 7. The van der Waals surface area contributed by atoms with Crippen molar-refractivity contribution in [3.63, 3.8) is 0 Å². The number of fused-ring (bicyclic) bond motifs is 1. The van der Waals surface area contributed by atoms with Crippen LogP contribution >= 0.6 is 11.6 Å². The molecular weight excluding hydrogens is 570 g/mol. The normalized spacial score (nSPS) is 17.2. The highest BCUT2D eigenvalue weighted by Gasteiger charge is 2.33. The standard InChI is InChI=1S/C32H36ClN5O5/c1-20-6-8-26-27(38(20)31(40)41-5)10-9-25(29(26)42-28-11-7-23(33)16-21(28)17-34)22-18-35-37(19-22)24-12-14-36(15-13-24)30(39)43-32(2,3)4/h7,9-11,16,18-20,24H,6,8,12-15H2,1-5H3. The van der Waals surface area contributed by atoms with Crippen molar-refractivity contribution < 1.29 is 23.8 Å². The fraction of sp³-hybridized carbons (Fsp3) is 0.438. The highest BCUT2D eigenvalue weighted by molar-refractivity contribution is 6.30. The summed E-state index contributed by atoms with van der Waals surface area (Å²) in [5.41, 5.74) is 2.94. The lowest BCUT2D eigenvalue weighted by atomic mass is 9.92. The number of nitriles is 1. The number of carbonyl (C=O) groups is 2. The maximum Gasteiger partial charge on any atom is 0.414 e. The van der Waals surface area contributed by atoms with E-state index in [2.05, 4.69) is 6.07 Å². The zero-order valence-electron chi connectivity index (χ0n) is 25.1. The second kappa shape index (κ2) is 12.2. The topological polar surface area (TPSA) is 110 Å². The quantitative estimate of drug-likeness (QED) is 0.306. The van der Waals surface area contributed by atoms with Crippen LogP contribution in [0.2, 0.25) is 5.02 Å². The molecule has 10 nitrogen and oxygen atoms in total. The molecule has 5 rings (SSSR count). The number of likely N-dealkylation sites (tertiary alicyclic amines) is 1. The van der Waals surface area contributed by atoms with Crippen molar-refractivity contribution in [2.75, 3.05) is 25.1 Å². The van der Waals surface area contributed by atoms with Gasteiger partial charge in [0.25, 0.3) is 0 Å². The highest BCUT2D eigenvalue weighted by atomic mass is 35.5. The van der Waals surface area contributed by atoms with Crippen molar-refractivity contribution >= 4 is 29.5 Å². The minimum absolute atomic E-state index is 0.0573. The van der Waals surface area contributed by atoms with Gasteiger partial charge in [-0.3, -0.25) is 9.58 Å². The molecule has 1 unspecified atom stereocenters. The number of methoxy groups -OCH3 is 1. The number of hydrogen-bond donors (Lipinski definition) is 0. The Hall–Kier alpha value is -4.23. The van der Waals surface area contributed by atoms with E-state index in [1.165, 1.54) is 7.11 Å². The Balaban J connectivity index is 1.48. The smallest absolute Gasteiger partial charge is 0.414 e. The van der Waals surface area contributed by atoms with Crippen LogP contribution in [0.5, 0.6) is 11.5 Å². The molecule has 2 aliphatic heterocycles. The Morgan fingerprint density at radius 3 is 2.51 bits per heavy atom. The number of halogens is 1. The Bertz CT molecular complexity index is 1570. The molecular formula is C32H36ClN5O5. The summed E-state index contributed by atoms with van der Waals surface area (Å²) in [6.45, 7) is 8.74. The van der Waals surface area contributed by atoms with E-state index in [0.29, 0.717) is 53.7 Å². The number of aromatic nitrogens is 2. The van der Waals surface area contributed by atoms with Crippen molar-refractivity contribution in [3.05, 3.63) is 58.9 Å². The minimum Gasteiger partial charge on any atom is -0.455 e. The first-order valence-electron chi connectivity index (χ1n) is 14.4. The van der Waals surface area contributed by atoms with Crippen LogP contribution < -0.4 is 9.64 Å². The van der Waals surface area contributed by atoms with Gasteiger partial charge in [-0.05, 0) is 83.7 Å². The van der Waals surface area contributed by atoms with Gasteiger partial charge >= 0.3 is 12.2 Å². The van der Waals surface area contributed by atoms with Gasteiger partial charge in [0, 0.05) is 47.0 Å². The van der Waals surface area contributed by atoms with E-state index < -0.39 is 11.7 Å². The molecule has 0 aliphatic carbocycles. The molecule has 2 aromatic carbocycles. The fourth-order valence-electron chi connectivity index (χ4n) is 5.63. The largest absolute Gasteiger partial charge is 0.455 e. The van der Waals surface area contributed by atoms with E-state index in [1.54, 1.807) is 34.2 Å². The van der Waals surface area contributed by atoms with E-state index >= 15 is 0 Å². The second-order valence-electron chi connectivity index (χ2n) is 11.9. The van der Waals surface area contributed by atoms with E-state index in [4.69, 9.17) is 30.9 Å². The molecule has 1 atom stereocenters. The van der Waals surface area contributed by atoms with Gasteiger partial charge in [-0.2, -0.15) is 10.4 Å². The Kier molecular flexibility index (Phi) is 8.56. The number of benzene rings is 2. The molecule has 0 N–H and O–H groups in total. The van der Waals surface area contributed by atoms with Gasteiger partial charge in [-0.1, -0.05) is 11.6 Å². The first-order chi connectivity index (χ1) is 20.5. The summed E-state index contributed by atoms with van der Waals surface area (Å²) in [7, 11) is 1.37. The van der Waals surface area contributed by atoms with Crippen molar-refractivity contribution in [1.82, 2.24) is 14.7 Å². The summed E-state index contributed by atoms with van der Waals surface area (Å²) in [5.74, 6) is 0.920. The number of ether oxygens (including phenoxy) is 3. The van der Waals surface area contributed by atoms with Gasteiger partial charge in [-0.15, -0.1) is 0 Å². The van der Waals surface area contributed by atoms with Gasteiger partial charge in [0.2, 0.25) is 0 Å². The molecule has 226 valence electrons. The van der Waals surface area contributed by atoms with Crippen LogP contribution in [-0.2, 0) is 15.9 Å². The molecule has 3 aromatic rings. The summed E-state index contributed by atoms with van der Waals surface area (Å²) in [5, 5.41) is 14.9. The van der Waals surface area contributed by atoms with Crippen LogP contribution in [0.1, 0.15) is 64.1 Å². The van der Waals surface area contributed by atoms with Gasteiger partial charge in [0.05, 0.1) is 30.6 Å². The monoisotopic (exact) mass is 605 g/mol. The van der Waals surface area contributed by atoms with Crippen LogP contribution in [0.4, 0.5) is 15.3 Å². The van der Waals surface area contributed by atoms with E-state index in [9.17, 15) is 14.9 Å². The SMILES string of the molecule is COC(=O)N1c2ccc(-c3cnn(C4CCN(C(=O)OC(C)(C)C)CC4)c3)c(Oc3ccc(Cl)cc3C#N)c2CCC1C. The molecule has 2 amide bonds. The summed E-state index contributed by atoms with van der Waals surface area (Å²) in [4.78, 5) is 28.7. The summed E-state index contributed by atoms with van der Waals surface area (Å²) in [6, 6.07) is 11.0. The second-order valence-corrected chi connectivity index (χ2v) is 12.4. The average molecular weight is 606 g/mol. The summed E-state index contributed by atoms with van der Waals surface area (Å²) in [6.07, 6.45) is 5.92. The lowest BCUT2D eigenvalue weighted by Gasteiger charge is -2.35. The molecule has 0 bridgehead atoms. The molecule has 3 heterocycles. The Morgan fingerprint density at radius 2 is 1.84 bits per heavy atom. The predicted molar refractivity (Wildman–Crippen MR) is 163 cm³/mol. The molecule has 43 heavy (non-hydrogen) atoms. The molecule has 1 saturated heterocycles. The average Bonchev–Trinajstić information content (AvgIpc) is 3.47. The third-order valence-electron chi connectivity index (χ3n) is 7.80. The predicted octanol–water partition coefficient (Wildman–Crippen LogP) is 7.35. The van der Waals surface area contributed by atoms with Crippen LogP contribution in [0, 0.1) is 11.3 Å². The first kappa shape index (κ1) is 30.2. The van der Waals surface area contributed by atoms with Gasteiger partial charge < -0.3 is 19.1 Å². The van der Waals surface area contributed by atoms with E-state index in [-0.39, 0.29) is 18.2 Å².